The van der Waals surface area contributed by atoms with Gasteiger partial charge in [-0.05, 0) is 62.7 Å². The average molecular weight is 482 g/mol. The van der Waals surface area contributed by atoms with Crippen LogP contribution in [0.2, 0.25) is 0 Å². The SMILES string of the molecule is Cc1cc(-c2nc(N)c3cc(NC4=NCC(C)(C)O4)ccc3n2)ccc1Oc1cc2nncn2cn1. The lowest BCUT2D eigenvalue weighted by Gasteiger charge is -2.17. The van der Waals surface area contributed by atoms with Crippen LogP contribution in [0.3, 0.4) is 0 Å². The fourth-order valence-corrected chi connectivity index (χ4v) is 3.92. The first-order chi connectivity index (χ1) is 17.3. The van der Waals surface area contributed by atoms with Gasteiger partial charge in [-0.3, -0.25) is 4.40 Å². The maximum atomic E-state index is 6.33. The third-order valence-electron chi connectivity index (χ3n) is 5.76. The molecule has 180 valence electrons. The van der Waals surface area contributed by atoms with Crippen molar-refractivity contribution in [1.82, 2.24) is 29.5 Å². The van der Waals surface area contributed by atoms with Crippen LogP contribution >= 0.6 is 0 Å². The molecule has 0 spiro atoms. The van der Waals surface area contributed by atoms with Crippen LogP contribution in [-0.2, 0) is 4.74 Å². The lowest BCUT2D eigenvalue weighted by Crippen LogP contribution is -2.26. The first-order valence-electron chi connectivity index (χ1n) is 11.4. The molecule has 4 heterocycles. The third kappa shape index (κ3) is 4.11. The largest absolute Gasteiger partial charge is 0.457 e. The molecule has 0 unspecified atom stereocenters. The molecule has 11 nitrogen and oxygen atoms in total. The smallest absolute Gasteiger partial charge is 0.289 e. The summed E-state index contributed by atoms with van der Waals surface area (Å²) < 4.78 is 13.5. The number of rotatable bonds is 4. The molecule has 1 aliphatic rings. The van der Waals surface area contributed by atoms with E-state index in [-0.39, 0.29) is 5.60 Å². The number of aromatic nitrogens is 6. The average Bonchev–Trinajstić information content (AvgIpc) is 3.45. The second-order valence-electron chi connectivity index (χ2n) is 9.18. The Morgan fingerprint density at radius 3 is 2.78 bits per heavy atom. The van der Waals surface area contributed by atoms with E-state index in [1.54, 1.807) is 23.1 Å². The van der Waals surface area contributed by atoms with Crippen molar-refractivity contribution in [2.45, 2.75) is 26.4 Å². The summed E-state index contributed by atoms with van der Waals surface area (Å²) in [6.45, 7) is 6.54. The van der Waals surface area contributed by atoms with E-state index in [0.717, 1.165) is 27.7 Å². The number of amidine groups is 1. The van der Waals surface area contributed by atoms with Crippen LogP contribution in [0.1, 0.15) is 19.4 Å². The second kappa shape index (κ2) is 8.15. The van der Waals surface area contributed by atoms with Crippen molar-refractivity contribution >= 4 is 34.1 Å². The first kappa shape index (κ1) is 21.7. The van der Waals surface area contributed by atoms with Gasteiger partial charge >= 0.3 is 0 Å². The van der Waals surface area contributed by atoms with E-state index in [1.165, 1.54) is 0 Å². The second-order valence-corrected chi connectivity index (χ2v) is 9.18. The summed E-state index contributed by atoms with van der Waals surface area (Å²) >= 11 is 0. The van der Waals surface area contributed by atoms with Crippen LogP contribution < -0.4 is 15.8 Å². The molecule has 5 aromatic rings. The lowest BCUT2D eigenvalue weighted by molar-refractivity contribution is 0.130. The highest BCUT2D eigenvalue weighted by atomic mass is 16.5. The number of hydrogen-bond donors (Lipinski definition) is 2. The highest BCUT2D eigenvalue weighted by molar-refractivity contribution is 5.96. The van der Waals surface area contributed by atoms with Gasteiger partial charge in [0.25, 0.3) is 6.02 Å². The van der Waals surface area contributed by atoms with Crippen molar-refractivity contribution in [2.75, 3.05) is 17.6 Å². The molecule has 36 heavy (non-hydrogen) atoms. The van der Waals surface area contributed by atoms with Gasteiger partial charge in [0.05, 0.1) is 12.1 Å². The van der Waals surface area contributed by atoms with E-state index in [9.17, 15) is 0 Å². The van der Waals surface area contributed by atoms with Gasteiger partial charge in [-0.15, -0.1) is 10.2 Å². The Kier molecular flexibility index (Phi) is 4.92. The normalized spacial score (nSPS) is 14.6. The molecule has 0 saturated heterocycles. The molecule has 0 amide bonds. The number of nitrogens with two attached hydrogens (primary N) is 1. The molecule has 0 aliphatic carbocycles. The Bertz CT molecular complexity index is 1660. The van der Waals surface area contributed by atoms with E-state index in [4.69, 9.17) is 20.2 Å². The van der Waals surface area contributed by atoms with Gasteiger partial charge in [-0.25, -0.2) is 19.9 Å². The number of nitrogens with zero attached hydrogens (tertiary/aromatic N) is 7. The highest BCUT2D eigenvalue weighted by Crippen LogP contribution is 2.30. The molecule has 3 aromatic heterocycles. The fraction of sp³-hybridized carbons (Fsp3) is 0.200. The van der Waals surface area contributed by atoms with Crippen molar-refractivity contribution in [2.24, 2.45) is 4.99 Å². The van der Waals surface area contributed by atoms with E-state index in [2.05, 4.69) is 30.5 Å². The fourth-order valence-electron chi connectivity index (χ4n) is 3.92. The van der Waals surface area contributed by atoms with Gasteiger partial charge in [0.15, 0.2) is 11.5 Å². The molecule has 11 heteroatoms. The van der Waals surface area contributed by atoms with Crippen LogP contribution in [0.25, 0.3) is 27.9 Å². The Hall–Kier alpha value is -4.80. The maximum Gasteiger partial charge on any atom is 0.289 e. The minimum atomic E-state index is -0.309. The predicted octanol–water partition coefficient (Wildman–Crippen LogP) is 3.99. The van der Waals surface area contributed by atoms with Gasteiger partial charge in [-0.2, -0.15) is 0 Å². The third-order valence-corrected chi connectivity index (χ3v) is 5.76. The molecule has 0 atom stereocenters. The number of anilines is 2. The number of aliphatic imine (C=N–C) groups is 1. The predicted molar refractivity (Wildman–Crippen MR) is 136 cm³/mol. The van der Waals surface area contributed by atoms with Crippen LogP contribution in [-0.4, -0.2) is 47.7 Å². The molecular formula is C25H23N9O2. The molecule has 6 rings (SSSR count). The maximum absolute atomic E-state index is 6.33. The van der Waals surface area contributed by atoms with Crippen molar-refractivity contribution in [3.63, 3.8) is 0 Å². The molecule has 0 radical (unpaired) electrons. The monoisotopic (exact) mass is 481 g/mol. The number of benzene rings is 2. The van der Waals surface area contributed by atoms with Crippen molar-refractivity contribution in [3.8, 4) is 23.0 Å². The van der Waals surface area contributed by atoms with E-state index >= 15 is 0 Å². The lowest BCUT2D eigenvalue weighted by atomic mass is 10.1. The summed E-state index contributed by atoms with van der Waals surface area (Å²) in [5.74, 6) is 2.01. The number of ether oxygens (including phenoxy) is 2. The topological polar surface area (TPSA) is 138 Å². The standard InChI is InChI=1S/C25H23N9O2/c1-14-8-15(4-7-19(14)35-21-10-20-33-29-13-34(20)12-28-21)23-31-18-6-5-16(9-17(18)22(26)32-23)30-24-27-11-25(2,3)36-24/h4-10,12-13H,11H2,1-3H3,(H,27,30)(H2,26,31,32). The van der Waals surface area contributed by atoms with E-state index in [0.29, 0.717) is 41.5 Å². The molecule has 2 aromatic carbocycles. The highest BCUT2D eigenvalue weighted by Gasteiger charge is 2.27. The van der Waals surface area contributed by atoms with Crippen LogP contribution in [0.4, 0.5) is 11.5 Å². The van der Waals surface area contributed by atoms with E-state index in [1.807, 2.05) is 57.2 Å². The van der Waals surface area contributed by atoms with Crippen molar-refractivity contribution in [3.05, 3.63) is 60.7 Å². The van der Waals surface area contributed by atoms with Crippen molar-refractivity contribution < 1.29 is 9.47 Å². The summed E-state index contributed by atoms with van der Waals surface area (Å²) in [6, 6.07) is 13.6. The Morgan fingerprint density at radius 1 is 1.08 bits per heavy atom. The van der Waals surface area contributed by atoms with Gasteiger partial charge in [0.1, 0.15) is 29.8 Å². The van der Waals surface area contributed by atoms with E-state index < -0.39 is 0 Å². The summed E-state index contributed by atoms with van der Waals surface area (Å²) in [5, 5.41) is 11.8. The molecular weight excluding hydrogens is 458 g/mol. The summed E-state index contributed by atoms with van der Waals surface area (Å²) in [4.78, 5) is 18.0. The zero-order chi connectivity index (χ0) is 24.9. The number of hydrogen-bond acceptors (Lipinski definition) is 10. The van der Waals surface area contributed by atoms with Crippen molar-refractivity contribution in [1.29, 1.82) is 0 Å². The Morgan fingerprint density at radius 2 is 1.97 bits per heavy atom. The Labute approximate surface area is 206 Å². The van der Waals surface area contributed by atoms with Gasteiger partial charge in [-0.1, -0.05) is 0 Å². The zero-order valence-electron chi connectivity index (χ0n) is 19.9. The van der Waals surface area contributed by atoms with Crippen LogP contribution in [0, 0.1) is 6.92 Å². The summed E-state index contributed by atoms with van der Waals surface area (Å²) in [5.41, 5.74) is 9.95. The summed E-state index contributed by atoms with van der Waals surface area (Å²) in [6.07, 6.45) is 3.19. The number of aryl methyl sites for hydroxylation is 1. The van der Waals surface area contributed by atoms with Gasteiger partial charge in [0, 0.05) is 22.7 Å². The summed E-state index contributed by atoms with van der Waals surface area (Å²) in [7, 11) is 0. The number of fused-ring (bicyclic) bond motifs is 2. The first-order valence-corrected chi connectivity index (χ1v) is 11.4. The molecule has 1 aliphatic heterocycles. The number of nitrogen functional groups attached to an aromatic ring is 1. The minimum absolute atomic E-state index is 0.309. The Balaban J connectivity index is 1.25. The molecule has 0 bridgehead atoms. The minimum Gasteiger partial charge on any atom is -0.457 e. The zero-order valence-corrected chi connectivity index (χ0v) is 19.9. The quantitative estimate of drug-likeness (QED) is 0.390. The van der Waals surface area contributed by atoms with Gasteiger partial charge < -0.3 is 20.5 Å². The number of nitrogens with one attached hydrogen (secondary N) is 1. The van der Waals surface area contributed by atoms with Crippen LogP contribution in [0.5, 0.6) is 11.6 Å². The molecule has 3 N–H and O–H groups in total. The van der Waals surface area contributed by atoms with Crippen LogP contribution in [0.15, 0.2) is 60.1 Å². The van der Waals surface area contributed by atoms with Gasteiger partial charge in [0.2, 0.25) is 5.88 Å². The molecule has 0 saturated carbocycles. The molecule has 0 fully saturated rings.